The lowest BCUT2D eigenvalue weighted by Gasteiger charge is -2.21. The average Bonchev–Trinajstić information content (AvgIpc) is 3.20. The van der Waals surface area contributed by atoms with E-state index in [1.54, 1.807) is 22.2 Å². The van der Waals surface area contributed by atoms with Crippen LogP contribution in [0.25, 0.3) is 15.9 Å². The second-order valence-corrected chi connectivity index (χ2v) is 8.31. The van der Waals surface area contributed by atoms with Crippen LogP contribution in [0.1, 0.15) is 27.4 Å². The Labute approximate surface area is 161 Å². The first-order chi connectivity index (χ1) is 13.1. The van der Waals surface area contributed by atoms with Gasteiger partial charge in [0, 0.05) is 18.0 Å². The van der Waals surface area contributed by atoms with E-state index in [1.807, 2.05) is 6.07 Å². The number of rotatable bonds is 3. The first kappa shape index (κ1) is 16.6. The summed E-state index contributed by atoms with van der Waals surface area (Å²) in [5, 5.41) is 5.76. The minimum absolute atomic E-state index is 0.351. The van der Waals surface area contributed by atoms with Gasteiger partial charge in [0.25, 0.3) is 0 Å². The number of para-hydroxylation sites is 1. The Morgan fingerprint density at radius 2 is 2.04 bits per heavy atom. The van der Waals surface area contributed by atoms with E-state index in [-0.39, 0.29) is 0 Å². The zero-order valence-electron chi connectivity index (χ0n) is 15.7. The van der Waals surface area contributed by atoms with E-state index in [2.05, 4.69) is 48.0 Å². The molecule has 3 aromatic heterocycles. The molecular formula is C20H21N5OS. The smallest absolute Gasteiger partial charge is 0.189 e. The van der Waals surface area contributed by atoms with Crippen molar-refractivity contribution in [1.29, 1.82) is 0 Å². The summed E-state index contributed by atoms with van der Waals surface area (Å²) in [6, 6.07) is 6.16. The summed E-state index contributed by atoms with van der Waals surface area (Å²) in [5.74, 6) is 1.59. The Hall–Kier alpha value is -2.51. The number of fused-ring (bicyclic) bond motifs is 5. The van der Waals surface area contributed by atoms with Gasteiger partial charge in [0.15, 0.2) is 11.5 Å². The van der Waals surface area contributed by atoms with E-state index >= 15 is 0 Å². The van der Waals surface area contributed by atoms with Gasteiger partial charge in [-0.15, -0.1) is 16.4 Å². The molecular weight excluding hydrogens is 358 g/mol. The number of likely N-dealkylation sites (N-methyl/N-ethyl adjacent to an activating group) is 1. The van der Waals surface area contributed by atoms with Gasteiger partial charge in [-0.25, -0.2) is 14.5 Å². The normalized spacial score (nSPS) is 14.8. The predicted molar refractivity (Wildman–Crippen MR) is 106 cm³/mol. The minimum atomic E-state index is 0.351. The number of aryl methyl sites for hydroxylation is 2. The number of benzene rings is 1. The summed E-state index contributed by atoms with van der Waals surface area (Å²) < 4.78 is 7.83. The van der Waals surface area contributed by atoms with Crippen molar-refractivity contribution in [2.24, 2.45) is 0 Å². The van der Waals surface area contributed by atoms with Gasteiger partial charge in [-0.2, -0.15) is 0 Å². The molecule has 0 fully saturated rings. The molecule has 0 spiro atoms. The number of thiophene rings is 1. The quantitative estimate of drug-likeness (QED) is 0.545. The number of nitrogens with zero attached hydrogens (tertiary/aromatic N) is 5. The predicted octanol–water partition coefficient (Wildman–Crippen LogP) is 3.52. The highest BCUT2D eigenvalue weighted by Crippen LogP contribution is 2.35. The maximum absolute atomic E-state index is 6.04. The molecule has 1 aliphatic rings. The molecule has 4 heterocycles. The fourth-order valence-corrected chi connectivity index (χ4v) is 5.05. The van der Waals surface area contributed by atoms with Crippen LogP contribution >= 0.6 is 11.3 Å². The molecule has 1 aromatic carbocycles. The third-order valence-corrected chi connectivity index (χ3v) is 6.29. The molecule has 0 saturated heterocycles. The number of hydrogen-bond donors (Lipinski definition) is 0. The van der Waals surface area contributed by atoms with E-state index in [0.29, 0.717) is 12.4 Å². The Balaban J connectivity index is 1.53. The van der Waals surface area contributed by atoms with E-state index in [1.165, 1.54) is 10.4 Å². The molecule has 5 rings (SSSR count). The van der Waals surface area contributed by atoms with Crippen LogP contribution in [0.2, 0.25) is 0 Å². The lowest BCUT2D eigenvalue weighted by Crippen LogP contribution is -2.25. The molecule has 6 nitrogen and oxygen atoms in total. The SMILES string of the molecule is Cc1cccc(C)c1OCc1nc2c3c4c(sc3ncn2n1)CN(C)CC4. The Morgan fingerprint density at radius 3 is 2.85 bits per heavy atom. The molecule has 0 unspecified atom stereocenters. The summed E-state index contributed by atoms with van der Waals surface area (Å²) in [6.07, 6.45) is 2.80. The van der Waals surface area contributed by atoms with E-state index in [9.17, 15) is 0 Å². The van der Waals surface area contributed by atoms with Gasteiger partial charge in [0.1, 0.15) is 23.5 Å². The zero-order chi connectivity index (χ0) is 18.5. The second kappa shape index (κ2) is 6.28. The van der Waals surface area contributed by atoms with Crippen molar-refractivity contribution in [3.05, 3.63) is 51.9 Å². The van der Waals surface area contributed by atoms with Gasteiger partial charge in [-0.3, -0.25) is 0 Å². The number of ether oxygens (including phenoxy) is 1. The summed E-state index contributed by atoms with van der Waals surface area (Å²) in [4.78, 5) is 14.2. The van der Waals surface area contributed by atoms with Crippen molar-refractivity contribution < 1.29 is 4.74 Å². The second-order valence-electron chi connectivity index (χ2n) is 7.22. The van der Waals surface area contributed by atoms with E-state index in [0.717, 1.165) is 52.3 Å². The van der Waals surface area contributed by atoms with Gasteiger partial charge < -0.3 is 9.64 Å². The van der Waals surface area contributed by atoms with Crippen LogP contribution in [0.4, 0.5) is 0 Å². The lowest BCUT2D eigenvalue weighted by molar-refractivity contribution is 0.292. The Kier molecular flexibility index (Phi) is 3.87. The summed E-state index contributed by atoms with van der Waals surface area (Å²) in [7, 11) is 2.16. The summed E-state index contributed by atoms with van der Waals surface area (Å²) in [6.45, 7) is 6.52. The topological polar surface area (TPSA) is 55.6 Å². The minimum Gasteiger partial charge on any atom is -0.485 e. The van der Waals surface area contributed by atoms with Crippen LogP contribution in [-0.4, -0.2) is 38.1 Å². The van der Waals surface area contributed by atoms with E-state index < -0.39 is 0 Å². The third-order valence-electron chi connectivity index (χ3n) is 5.17. The van der Waals surface area contributed by atoms with Crippen molar-refractivity contribution in [3.8, 4) is 5.75 Å². The first-order valence-electron chi connectivity index (χ1n) is 9.12. The first-order valence-corrected chi connectivity index (χ1v) is 9.94. The van der Waals surface area contributed by atoms with Gasteiger partial charge in [0.2, 0.25) is 0 Å². The highest BCUT2D eigenvalue weighted by Gasteiger charge is 2.22. The lowest BCUT2D eigenvalue weighted by atomic mass is 10.1. The molecule has 0 atom stereocenters. The van der Waals surface area contributed by atoms with Crippen LogP contribution in [0.5, 0.6) is 5.75 Å². The standard InChI is InChI=1S/C20H21N5OS/c1-12-5-4-6-13(2)18(12)26-10-16-22-19-17-14-7-8-24(3)9-15(14)27-20(17)21-11-25(19)23-16/h4-6,11H,7-10H2,1-3H3. The van der Waals surface area contributed by atoms with Crippen LogP contribution in [0, 0.1) is 13.8 Å². The molecule has 0 saturated carbocycles. The van der Waals surface area contributed by atoms with Crippen molar-refractivity contribution in [2.45, 2.75) is 33.4 Å². The average molecular weight is 379 g/mol. The monoisotopic (exact) mass is 379 g/mol. The molecule has 7 heteroatoms. The fraction of sp³-hybridized carbons (Fsp3) is 0.350. The summed E-state index contributed by atoms with van der Waals surface area (Å²) in [5.41, 5.74) is 4.53. The van der Waals surface area contributed by atoms with E-state index in [4.69, 9.17) is 9.72 Å². The highest BCUT2D eigenvalue weighted by atomic mass is 32.1. The number of aromatic nitrogens is 4. The van der Waals surface area contributed by atoms with Crippen LogP contribution < -0.4 is 4.74 Å². The Bertz CT molecular complexity index is 1140. The molecule has 0 amide bonds. The van der Waals surface area contributed by atoms with Gasteiger partial charge in [0.05, 0.1) is 5.39 Å². The number of hydrogen-bond acceptors (Lipinski definition) is 6. The highest BCUT2D eigenvalue weighted by molar-refractivity contribution is 7.19. The Morgan fingerprint density at radius 1 is 1.22 bits per heavy atom. The fourth-order valence-electron chi connectivity index (χ4n) is 3.79. The molecule has 1 aliphatic heterocycles. The van der Waals surface area contributed by atoms with Crippen molar-refractivity contribution in [3.63, 3.8) is 0 Å². The van der Waals surface area contributed by atoms with Crippen LogP contribution in [0.15, 0.2) is 24.5 Å². The van der Waals surface area contributed by atoms with Crippen molar-refractivity contribution >= 4 is 27.2 Å². The third kappa shape index (κ3) is 2.78. The van der Waals surface area contributed by atoms with Gasteiger partial charge in [-0.1, -0.05) is 18.2 Å². The van der Waals surface area contributed by atoms with Crippen LogP contribution in [-0.2, 0) is 19.6 Å². The molecule has 0 N–H and O–H groups in total. The maximum atomic E-state index is 6.04. The zero-order valence-corrected chi connectivity index (χ0v) is 16.5. The maximum Gasteiger partial charge on any atom is 0.189 e. The van der Waals surface area contributed by atoms with Gasteiger partial charge >= 0.3 is 0 Å². The van der Waals surface area contributed by atoms with Crippen molar-refractivity contribution in [1.82, 2.24) is 24.5 Å². The molecule has 0 bridgehead atoms. The molecule has 27 heavy (non-hydrogen) atoms. The largest absolute Gasteiger partial charge is 0.485 e. The molecule has 138 valence electrons. The molecule has 4 aromatic rings. The summed E-state index contributed by atoms with van der Waals surface area (Å²) >= 11 is 1.78. The van der Waals surface area contributed by atoms with Crippen LogP contribution in [0.3, 0.4) is 0 Å². The van der Waals surface area contributed by atoms with Crippen molar-refractivity contribution in [2.75, 3.05) is 13.6 Å². The van der Waals surface area contributed by atoms with Gasteiger partial charge in [-0.05, 0) is 44.0 Å². The molecule has 0 aliphatic carbocycles. The molecule has 0 radical (unpaired) electrons.